The zero-order valence-corrected chi connectivity index (χ0v) is 11.0. The van der Waals surface area contributed by atoms with Crippen molar-refractivity contribution in [3.63, 3.8) is 0 Å². The van der Waals surface area contributed by atoms with Gasteiger partial charge in [0.05, 0.1) is 7.11 Å². The van der Waals surface area contributed by atoms with E-state index >= 15 is 0 Å². The average Bonchev–Trinajstić information content (AvgIpc) is 2.33. The highest BCUT2D eigenvalue weighted by atomic mass is 16.5. The number of benzene rings is 1. The summed E-state index contributed by atoms with van der Waals surface area (Å²) in [6.45, 7) is 6.68. The minimum atomic E-state index is 0.0775. The first-order chi connectivity index (χ1) is 8.04. The highest BCUT2D eigenvalue weighted by molar-refractivity contribution is 5.58. The summed E-state index contributed by atoms with van der Waals surface area (Å²) in [6, 6.07) is 6.60. The summed E-state index contributed by atoms with van der Waals surface area (Å²) in [5, 5.41) is 3.59. The van der Waals surface area contributed by atoms with Crippen molar-refractivity contribution in [3.8, 4) is 5.75 Å². The van der Waals surface area contributed by atoms with Gasteiger partial charge in [-0.1, -0.05) is 20.8 Å². The number of anilines is 1. The Bertz CT molecular complexity index is 403. The highest BCUT2D eigenvalue weighted by Crippen LogP contribution is 2.38. The summed E-state index contributed by atoms with van der Waals surface area (Å²) >= 11 is 0. The Balaban J connectivity index is 2.38. The first-order valence-corrected chi connectivity index (χ1v) is 6.24. The number of fused-ring (bicyclic) bond motifs is 1. The number of nitrogens with two attached hydrogens (primary N) is 1. The summed E-state index contributed by atoms with van der Waals surface area (Å²) in [5.74, 6) is 1.87. The molecule has 1 aromatic carbocycles. The lowest BCUT2D eigenvalue weighted by Gasteiger charge is -2.39. The average molecular weight is 234 g/mol. The van der Waals surface area contributed by atoms with E-state index in [2.05, 4.69) is 32.2 Å². The number of methoxy groups -OCH3 is 1. The standard InChI is InChI=1S/C14H22N2O/c1-8(2)14-9(3)13(15)11-7-10(17-4)5-6-12(11)16-14/h5-9,13-14,16H,15H2,1-4H3/t9-,13-,14+/m0/s1. The fourth-order valence-electron chi connectivity index (χ4n) is 2.67. The van der Waals surface area contributed by atoms with Crippen molar-refractivity contribution in [1.82, 2.24) is 0 Å². The van der Waals surface area contributed by atoms with Gasteiger partial charge in [0.25, 0.3) is 0 Å². The van der Waals surface area contributed by atoms with Crippen molar-refractivity contribution in [2.75, 3.05) is 12.4 Å². The van der Waals surface area contributed by atoms with Gasteiger partial charge >= 0.3 is 0 Å². The lowest BCUT2D eigenvalue weighted by Crippen LogP contribution is -2.42. The zero-order chi connectivity index (χ0) is 12.6. The lowest BCUT2D eigenvalue weighted by molar-refractivity contribution is 0.325. The van der Waals surface area contributed by atoms with Gasteiger partial charge in [-0.15, -0.1) is 0 Å². The number of hydrogen-bond acceptors (Lipinski definition) is 3. The number of rotatable bonds is 2. The molecule has 1 aliphatic rings. The second-order valence-corrected chi connectivity index (χ2v) is 5.25. The molecule has 94 valence electrons. The highest BCUT2D eigenvalue weighted by Gasteiger charge is 2.33. The molecule has 1 aliphatic heterocycles. The molecule has 0 amide bonds. The third-order valence-corrected chi connectivity index (χ3v) is 3.79. The van der Waals surface area contributed by atoms with Crippen LogP contribution in [0.5, 0.6) is 5.75 Å². The molecule has 3 nitrogen and oxygen atoms in total. The fraction of sp³-hybridized carbons (Fsp3) is 0.571. The van der Waals surface area contributed by atoms with E-state index in [1.165, 1.54) is 0 Å². The molecule has 0 unspecified atom stereocenters. The van der Waals surface area contributed by atoms with Crippen molar-refractivity contribution in [2.24, 2.45) is 17.6 Å². The molecular formula is C14H22N2O. The van der Waals surface area contributed by atoms with Crippen molar-refractivity contribution < 1.29 is 4.74 Å². The minimum absolute atomic E-state index is 0.0775. The van der Waals surface area contributed by atoms with Gasteiger partial charge in [0.15, 0.2) is 0 Å². The summed E-state index contributed by atoms with van der Waals surface area (Å²) in [6.07, 6.45) is 0. The van der Waals surface area contributed by atoms with E-state index in [1.807, 2.05) is 12.1 Å². The Morgan fingerprint density at radius 2 is 2.06 bits per heavy atom. The van der Waals surface area contributed by atoms with E-state index < -0.39 is 0 Å². The predicted molar refractivity (Wildman–Crippen MR) is 71.3 cm³/mol. The van der Waals surface area contributed by atoms with Crippen molar-refractivity contribution in [1.29, 1.82) is 0 Å². The van der Waals surface area contributed by atoms with Gasteiger partial charge < -0.3 is 15.8 Å². The lowest BCUT2D eigenvalue weighted by atomic mass is 9.80. The van der Waals surface area contributed by atoms with E-state index in [0.29, 0.717) is 17.9 Å². The van der Waals surface area contributed by atoms with E-state index in [9.17, 15) is 0 Å². The first kappa shape index (κ1) is 12.2. The molecule has 0 spiro atoms. The van der Waals surface area contributed by atoms with Gasteiger partial charge in [-0.3, -0.25) is 0 Å². The number of hydrogen-bond donors (Lipinski definition) is 2. The summed E-state index contributed by atoms with van der Waals surface area (Å²) in [4.78, 5) is 0. The van der Waals surface area contributed by atoms with E-state index in [-0.39, 0.29) is 6.04 Å². The molecule has 0 radical (unpaired) electrons. The molecule has 0 aliphatic carbocycles. The van der Waals surface area contributed by atoms with Crippen LogP contribution in [0, 0.1) is 11.8 Å². The molecule has 3 heteroatoms. The van der Waals surface area contributed by atoms with Crippen molar-refractivity contribution in [3.05, 3.63) is 23.8 Å². The molecule has 1 aromatic rings. The minimum Gasteiger partial charge on any atom is -0.497 e. The fourth-order valence-corrected chi connectivity index (χ4v) is 2.67. The van der Waals surface area contributed by atoms with Crippen LogP contribution in [0.2, 0.25) is 0 Å². The molecule has 0 bridgehead atoms. The Hall–Kier alpha value is -1.22. The molecule has 1 heterocycles. The van der Waals surface area contributed by atoms with E-state index in [4.69, 9.17) is 10.5 Å². The van der Waals surface area contributed by atoms with Crippen LogP contribution in [-0.2, 0) is 0 Å². The van der Waals surface area contributed by atoms with Crippen LogP contribution >= 0.6 is 0 Å². The smallest absolute Gasteiger partial charge is 0.119 e. The summed E-state index contributed by atoms with van der Waals surface area (Å²) in [5.41, 5.74) is 8.66. The van der Waals surface area contributed by atoms with Gasteiger partial charge in [-0.2, -0.15) is 0 Å². The molecule has 3 N–H and O–H groups in total. The molecule has 0 saturated heterocycles. The maximum atomic E-state index is 6.35. The van der Waals surface area contributed by atoms with Crippen LogP contribution in [0.25, 0.3) is 0 Å². The van der Waals surface area contributed by atoms with Gasteiger partial charge in [-0.05, 0) is 35.6 Å². The Morgan fingerprint density at radius 3 is 2.65 bits per heavy atom. The maximum Gasteiger partial charge on any atom is 0.119 e. The quantitative estimate of drug-likeness (QED) is 0.827. The monoisotopic (exact) mass is 234 g/mol. The number of ether oxygens (including phenoxy) is 1. The van der Waals surface area contributed by atoms with Gasteiger partial charge in [-0.25, -0.2) is 0 Å². The van der Waals surface area contributed by atoms with Gasteiger partial charge in [0.2, 0.25) is 0 Å². The Labute approximate surface area is 103 Å². The largest absolute Gasteiger partial charge is 0.497 e. The molecule has 0 saturated carbocycles. The SMILES string of the molecule is COc1ccc2c(c1)[C@@H](N)[C@H](C)[C@@H](C(C)C)N2. The van der Waals surface area contributed by atoms with Crippen LogP contribution in [0.4, 0.5) is 5.69 Å². The topological polar surface area (TPSA) is 47.3 Å². The van der Waals surface area contributed by atoms with Gasteiger partial charge in [0.1, 0.15) is 5.75 Å². The molecule has 2 rings (SSSR count). The molecule has 3 atom stereocenters. The molecule has 0 fully saturated rings. The van der Waals surface area contributed by atoms with E-state index in [1.54, 1.807) is 7.11 Å². The van der Waals surface area contributed by atoms with Crippen LogP contribution in [0.15, 0.2) is 18.2 Å². The third-order valence-electron chi connectivity index (χ3n) is 3.79. The third kappa shape index (κ3) is 2.12. The second kappa shape index (κ2) is 4.57. The zero-order valence-electron chi connectivity index (χ0n) is 11.0. The summed E-state index contributed by atoms with van der Waals surface area (Å²) in [7, 11) is 1.68. The number of nitrogens with one attached hydrogen (secondary N) is 1. The predicted octanol–water partition coefficient (Wildman–Crippen LogP) is 2.78. The van der Waals surface area contributed by atoms with Crippen molar-refractivity contribution >= 4 is 5.69 Å². The Morgan fingerprint density at radius 1 is 1.35 bits per heavy atom. The molecule has 0 aromatic heterocycles. The van der Waals surface area contributed by atoms with E-state index in [0.717, 1.165) is 17.0 Å². The summed E-state index contributed by atoms with van der Waals surface area (Å²) < 4.78 is 5.25. The molecule has 17 heavy (non-hydrogen) atoms. The normalized spacial score (nSPS) is 27.5. The van der Waals surface area contributed by atoms with Crippen LogP contribution in [0.3, 0.4) is 0 Å². The van der Waals surface area contributed by atoms with Crippen LogP contribution < -0.4 is 15.8 Å². The van der Waals surface area contributed by atoms with Crippen LogP contribution in [-0.4, -0.2) is 13.2 Å². The first-order valence-electron chi connectivity index (χ1n) is 6.24. The van der Waals surface area contributed by atoms with Gasteiger partial charge in [0, 0.05) is 17.8 Å². The molecular weight excluding hydrogens is 212 g/mol. The maximum absolute atomic E-state index is 6.35. The Kier molecular flexibility index (Phi) is 3.29. The van der Waals surface area contributed by atoms with Crippen molar-refractivity contribution in [2.45, 2.75) is 32.9 Å². The second-order valence-electron chi connectivity index (χ2n) is 5.25. The van der Waals surface area contributed by atoms with Crippen LogP contribution in [0.1, 0.15) is 32.4 Å².